The molecular formula is C14H15FN2O2. The Labute approximate surface area is 109 Å². The van der Waals surface area contributed by atoms with Gasteiger partial charge in [-0.25, -0.2) is 4.39 Å². The van der Waals surface area contributed by atoms with Crippen molar-refractivity contribution in [2.24, 2.45) is 5.73 Å². The van der Waals surface area contributed by atoms with Gasteiger partial charge < -0.3 is 15.8 Å². The molecule has 0 radical (unpaired) electrons. The number of rotatable bonds is 5. The predicted molar refractivity (Wildman–Crippen MR) is 71.4 cm³/mol. The second kappa shape index (κ2) is 5.24. The smallest absolute Gasteiger partial charge is 0.321 e. The average Bonchev–Trinajstić information content (AvgIpc) is 2.77. The van der Waals surface area contributed by atoms with E-state index in [0.717, 1.165) is 5.52 Å². The molecule has 0 aliphatic heterocycles. The molecule has 4 nitrogen and oxygen atoms in total. The summed E-state index contributed by atoms with van der Waals surface area (Å²) < 4.78 is 13.3. The van der Waals surface area contributed by atoms with Crippen LogP contribution in [-0.2, 0) is 4.79 Å². The molecule has 4 N–H and O–H groups in total. The van der Waals surface area contributed by atoms with Crippen molar-refractivity contribution in [2.75, 3.05) is 0 Å². The minimum absolute atomic E-state index is 0.366. The molecule has 1 aromatic carbocycles. The van der Waals surface area contributed by atoms with E-state index in [-0.39, 0.29) is 5.82 Å². The number of H-pyrrole nitrogens is 1. The molecule has 0 saturated carbocycles. The first-order valence-electron chi connectivity index (χ1n) is 5.90. The SMILES string of the molecule is C=CC[C@@H](c1c[nH]c2ccc(F)cc12)[C@H](N)C(=O)O. The number of hydrogen-bond donors (Lipinski definition) is 3. The highest BCUT2D eigenvalue weighted by molar-refractivity contribution is 5.85. The molecule has 0 unspecified atom stereocenters. The molecule has 100 valence electrons. The Bertz CT molecular complexity index is 621. The minimum Gasteiger partial charge on any atom is -0.480 e. The van der Waals surface area contributed by atoms with Crippen LogP contribution in [0.15, 0.2) is 37.1 Å². The Balaban J connectivity index is 2.52. The van der Waals surface area contributed by atoms with E-state index in [1.54, 1.807) is 18.3 Å². The molecule has 1 heterocycles. The largest absolute Gasteiger partial charge is 0.480 e. The number of halogens is 1. The Morgan fingerprint density at radius 3 is 2.95 bits per heavy atom. The maximum absolute atomic E-state index is 13.3. The lowest BCUT2D eigenvalue weighted by molar-refractivity contribution is -0.139. The zero-order valence-corrected chi connectivity index (χ0v) is 10.3. The third-order valence-electron chi connectivity index (χ3n) is 3.21. The number of carboxylic acids is 1. The van der Waals surface area contributed by atoms with Gasteiger partial charge in [0, 0.05) is 23.0 Å². The number of allylic oxidation sites excluding steroid dienone is 1. The van der Waals surface area contributed by atoms with Crippen molar-refractivity contribution in [3.05, 3.63) is 48.4 Å². The molecule has 2 atom stereocenters. The van der Waals surface area contributed by atoms with Crippen molar-refractivity contribution >= 4 is 16.9 Å². The monoisotopic (exact) mass is 262 g/mol. The third-order valence-corrected chi connectivity index (χ3v) is 3.21. The van der Waals surface area contributed by atoms with Gasteiger partial charge in [-0.1, -0.05) is 6.08 Å². The summed E-state index contributed by atoms with van der Waals surface area (Å²) in [5.74, 6) is -1.89. The molecule has 0 amide bonds. The number of hydrogen-bond acceptors (Lipinski definition) is 2. The van der Waals surface area contributed by atoms with Gasteiger partial charge in [-0.15, -0.1) is 6.58 Å². The first-order chi connectivity index (χ1) is 9.04. The molecule has 1 aromatic heterocycles. The fraction of sp³-hybridized carbons (Fsp3) is 0.214. The summed E-state index contributed by atoms with van der Waals surface area (Å²) >= 11 is 0. The fourth-order valence-corrected chi connectivity index (χ4v) is 2.24. The number of aromatic nitrogens is 1. The van der Waals surface area contributed by atoms with Gasteiger partial charge in [0.15, 0.2) is 0 Å². The predicted octanol–water partition coefficient (Wildman–Crippen LogP) is 2.38. The molecular weight excluding hydrogens is 247 g/mol. The number of aromatic amines is 1. The van der Waals surface area contributed by atoms with Gasteiger partial charge >= 0.3 is 5.97 Å². The van der Waals surface area contributed by atoms with E-state index in [4.69, 9.17) is 10.8 Å². The number of fused-ring (bicyclic) bond motifs is 1. The van der Waals surface area contributed by atoms with Gasteiger partial charge in [0.1, 0.15) is 11.9 Å². The first kappa shape index (κ1) is 13.3. The molecule has 2 aromatic rings. The van der Waals surface area contributed by atoms with Crippen LogP contribution < -0.4 is 5.73 Å². The summed E-state index contributed by atoms with van der Waals surface area (Å²) in [5.41, 5.74) is 7.16. The van der Waals surface area contributed by atoms with Gasteiger partial charge in [-0.3, -0.25) is 4.79 Å². The van der Waals surface area contributed by atoms with Crippen molar-refractivity contribution in [1.29, 1.82) is 0 Å². The second-order valence-corrected chi connectivity index (χ2v) is 4.43. The van der Waals surface area contributed by atoms with E-state index in [0.29, 0.717) is 17.4 Å². The molecule has 0 bridgehead atoms. The van der Waals surface area contributed by atoms with E-state index in [9.17, 15) is 9.18 Å². The summed E-state index contributed by atoms with van der Waals surface area (Å²) in [7, 11) is 0. The van der Waals surface area contributed by atoms with Crippen molar-refractivity contribution in [1.82, 2.24) is 4.98 Å². The van der Waals surface area contributed by atoms with Crippen LogP contribution in [0, 0.1) is 5.82 Å². The number of benzene rings is 1. The molecule has 0 fully saturated rings. The highest BCUT2D eigenvalue weighted by atomic mass is 19.1. The van der Waals surface area contributed by atoms with E-state index < -0.39 is 17.9 Å². The lowest BCUT2D eigenvalue weighted by atomic mass is 9.88. The number of carbonyl (C=O) groups is 1. The van der Waals surface area contributed by atoms with Crippen LogP contribution in [0.5, 0.6) is 0 Å². The van der Waals surface area contributed by atoms with Crippen molar-refractivity contribution in [3.8, 4) is 0 Å². The molecule has 5 heteroatoms. The number of carboxylic acid groups (broad SMARTS) is 1. The molecule has 19 heavy (non-hydrogen) atoms. The Kier molecular flexibility index (Phi) is 3.66. The van der Waals surface area contributed by atoms with Gasteiger partial charge in [0.2, 0.25) is 0 Å². The van der Waals surface area contributed by atoms with Crippen LogP contribution >= 0.6 is 0 Å². The van der Waals surface area contributed by atoms with E-state index in [1.807, 2.05) is 0 Å². The van der Waals surface area contributed by atoms with Crippen molar-refractivity contribution in [2.45, 2.75) is 18.4 Å². The van der Waals surface area contributed by atoms with E-state index >= 15 is 0 Å². The topological polar surface area (TPSA) is 79.1 Å². The first-order valence-corrected chi connectivity index (χ1v) is 5.90. The maximum atomic E-state index is 13.3. The highest BCUT2D eigenvalue weighted by Gasteiger charge is 2.26. The number of nitrogens with two attached hydrogens (primary N) is 1. The van der Waals surface area contributed by atoms with Gasteiger partial charge in [0.25, 0.3) is 0 Å². The number of nitrogens with one attached hydrogen (secondary N) is 1. The molecule has 0 spiro atoms. The standard InChI is InChI=1S/C14H15FN2O2/c1-2-3-9(13(16)14(18)19)11-7-17-12-5-4-8(15)6-10(11)12/h2,4-7,9,13,17H,1,3,16H2,(H,18,19)/t9-,13-/m0/s1. The summed E-state index contributed by atoms with van der Waals surface area (Å²) in [6.45, 7) is 3.62. The van der Waals surface area contributed by atoms with Gasteiger partial charge in [0.05, 0.1) is 0 Å². The Morgan fingerprint density at radius 1 is 1.58 bits per heavy atom. The van der Waals surface area contributed by atoms with Gasteiger partial charge in [-0.2, -0.15) is 0 Å². The van der Waals surface area contributed by atoms with Crippen molar-refractivity contribution in [3.63, 3.8) is 0 Å². The normalized spacial score (nSPS) is 14.2. The second-order valence-electron chi connectivity index (χ2n) is 4.43. The third kappa shape index (κ3) is 2.51. The van der Waals surface area contributed by atoms with Crippen LogP contribution in [0.1, 0.15) is 17.9 Å². The number of aliphatic carboxylic acids is 1. The van der Waals surface area contributed by atoms with Crippen LogP contribution in [-0.4, -0.2) is 22.1 Å². The zero-order valence-electron chi connectivity index (χ0n) is 10.3. The quantitative estimate of drug-likeness (QED) is 0.724. The summed E-state index contributed by atoms with van der Waals surface area (Å²) in [6, 6.07) is 3.29. The van der Waals surface area contributed by atoms with Crippen LogP contribution in [0.4, 0.5) is 4.39 Å². The zero-order chi connectivity index (χ0) is 14.0. The van der Waals surface area contributed by atoms with E-state index in [2.05, 4.69) is 11.6 Å². The lowest BCUT2D eigenvalue weighted by Gasteiger charge is -2.18. The van der Waals surface area contributed by atoms with Crippen LogP contribution in [0.2, 0.25) is 0 Å². The molecule has 0 saturated heterocycles. The molecule has 0 aliphatic rings. The Hall–Kier alpha value is -2.14. The average molecular weight is 262 g/mol. The molecule has 0 aliphatic carbocycles. The fourth-order valence-electron chi connectivity index (χ4n) is 2.24. The van der Waals surface area contributed by atoms with Crippen LogP contribution in [0.25, 0.3) is 10.9 Å². The maximum Gasteiger partial charge on any atom is 0.321 e. The lowest BCUT2D eigenvalue weighted by Crippen LogP contribution is -2.36. The van der Waals surface area contributed by atoms with Crippen molar-refractivity contribution < 1.29 is 14.3 Å². The highest BCUT2D eigenvalue weighted by Crippen LogP contribution is 2.30. The summed E-state index contributed by atoms with van der Waals surface area (Å²) in [6.07, 6.45) is 3.71. The molecule has 2 rings (SSSR count). The van der Waals surface area contributed by atoms with Crippen LogP contribution in [0.3, 0.4) is 0 Å². The minimum atomic E-state index is -1.09. The van der Waals surface area contributed by atoms with Gasteiger partial charge in [-0.05, 0) is 30.2 Å². The Morgan fingerprint density at radius 2 is 2.32 bits per heavy atom. The summed E-state index contributed by atoms with van der Waals surface area (Å²) in [4.78, 5) is 14.1. The summed E-state index contributed by atoms with van der Waals surface area (Å²) in [5, 5.41) is 9.72. The van der Waals surface area contributed by atoms with E-state index in [1.165, 1.54) is 12.1 Å².